The molecule has 0 atom stereocenters. The van der Waals surface area contributed by atoms with Crippen LogP contribution < -0.4 is 0 Å². The van der Waals surface area contributed by atoms with Gasteiger partial charge in [0.15, 0.2) is 11.5 Å². The number of hydrogen-bond donors (Lipinski definition) is 0. The van der Waals surface area contributed by atoms with Crippen molar-refractivity contribution in [3.63, 3.8) is 0 Å². The molecule has 0 saturated heterocycles. The van der Waals surface area contributed by atoms with Crippen molar-refractivity contribution >= 4 is 0 Å². The first-order chi connectivity index (χ1) is 6.83. The molecule has 14 heavy (non-hydrogen) atoms. The molecule has 3 rings (SSSR count). The van der Waals surface area contributed by atoms with Crippen molar-refractivity contribution < 1.29 is 4.52 Å². The van der Waals surface area contributed by atoms with Crippen molar-refractivity contribution in [1.82, 2.24) is 25.1 Å². The monoisotopic (exact) mass is 191 g/mol. The summed E-state index contributed by atoms with van der Waals surface area (Å²) in [4.78, 5) is 4.26. The number of aromatic nitrogens is 5. The van der Waals surface area contributed by atoms with E-state index in [0.29, 0.717) is 17.5 Å². The summed E-state index contributed by atoms with van der Waals surface area (Å²) < 4.78 is 6.70. The normalized spacial score (nSPS) is 16.1. The van der Waals surface area contributed by atoms with Crippen LogP contribution >= 0.6 is 0 Å². The molecule has 0 aliphatic heterocycles. The van der Waals surface area contributed by atoms with E-state index in [9.17, 15) is 0 Å². The van der Waals surface area contributed by atoms with Crippen LogP contribution in [0, 0.1) is 0 Å². The Bertz CT molecular complexity index is 456. The summed E-state index contributed by atoms with van der Waals surface area (Å²) in [6, 6.07) is 0. The first-order valence-electron chi connectivity index (χ1n) is 4.53. The smallest absolute Gasteiger partial charge is 0.280 e. The molecular weight excluding hydrogens is 182 g/mol. The lowest BCUT2D eigenvalue weighted by Crippen LogP contribution is -1.85. The second-order valence-electron chi connectivity index (χ2n) is 3.51. The second-order valence-corrected chi connectivity index (χ2v) is 3.51. The minimum Gasteiger partial charge on any atom is -0.332 e. The predicted octanol–water partition coefficient (Wildman–Crippen LogP) is 0.742. The van der Waals surface area contributed by atoms with Crippen LogP contribution in [0.5, 0.6) is 0 Å². The molecule has 1 fully saturated rings. The van der Waals surface area contributed by atoms with Crippen LogP contribution in [0.1, 0.15) is 24.6 Å². The van der Waals surface area contributed by atoms with Crippen LogP contribution in [0.4, 0.5) is 0 Å². The average molecular weight is 191 g/mol. The van der Waals surface area contributed by atoms with Gasteiger partial charge in [0.1, 0.15) is 0 Å². The number of hydrogen-bond acceptors (Lipinski definition) is 5. The molecule has 1 aliphatic carbocycles. The molecule has 0 unspecified atom stereocenters. The van der Waals surface area contributed by atoms with Crippen molar-refractivity contribution in [1.29, 1.82) is 0 Å². The van der Waals surface area contributed by atoms with Crippen molar-refractivity contribution in [2.45, 2.75) is 18.8 Å². The van der Waals surface area contributed by atoms with Crippen molar-refractivity contribution in [2.75, 3.05) is 0 Å². The van der Waals surface area contributed by atoms with Crippen LogP contribution in [0.25, 0.3) is 11.6 Å². The first-order valence-corrected chi connectivity index (χ1v) is 4.53. The van der Waals surface area contributed by atoms with Crippen LogP contribution in [-0.2, 0) is 7.05 Å². The lowest BCUT2D eigenvalue weighted by molar-refractivity contribution is 0.421. The van der Waals surface area contributed by atoms with Gasteiger partial charge >= 0.3 is 0 Å². The van der Waals surface area contributed by atoms with Gasteiger partial charge in [-0.15, -0.1) is 5.10 Å². The fraction of sp³-hybridized carbons (Fsp3) is 0.500. The Morgan fingerprint density at radius 2 is 2.36 bits per heavy atom. The minimum absolute atomic E-state index is 0.458. The topological polar surface area (TPSA) is 69.6 Å². The Morgan fingerprint density at radius 3 is 3.00 bits per heavy atom. The highest BCUT2D eigenvalue weighted by molar-refractivity contribution is 5.43. The molecule has 6 nitrogen and oxygen atoms in total. The average Bonchev–Trinajstić information content (AvgIpc) is 2.76. The van der Waals surface area contributed by atoms with Gasteiger partial charge in [-0.25, -0.2) is 0 Å². The van der Waals surface area contributed by atoms with Gasteiger partial charge in [-0.05, 0) is 12.8 Å². The van der Waals surface area contributed by atoms with Crippen molar-refractivity contribution in [3.8, 4) is 11.6 Å². The summed E-state index contributed by atoms with van der Waals surface area (Å²) in [5.74, 6) is 1.76. The van der Waals surface area contributed by atoms with Gasteiger partial charge in [-0.1, -0.05) is 10.4 Å². The highest BCUT2D eigenvalue weighted by atomic mass is 16.5. The largest absolute Gasteiger partial charge is 0.332 e. The van der Waals surface area contributed by atoms with Gasteiger partial charge in [0.2, 0.25) is 0 Å². The number of nitrogens with zero attached hydrogens (tertiary/aromatic N) is 5. The van der Waals surface area contributed by atoms with Crippen molar-refractivity contribution in [2.24, 2.45) is 7.05 Å². The molecule has 72 valence electrons. The molecule has 0 aromatic carbocycles. The van der Waals surface area contributed by atoms with E-state index >= 15 is 0 Å². The van der Waals surface area contributed by atoms with Gasteiger partial charge in [0.25, 0.3) is 5.89 Å². The molecule has 0 bridgehead atoms. The Kier molecular flexibility index (Phi) is 1.44. The van der Waals surface area contributed by atoms with E-state index in [1.165, 1.54) is 12.8 Å². The van der Waals surface area contributed by atoms with Gasteiger partial charge in [0, 0.05) is 13.0 Å². The fourth-order valence-corrected chi connectivity index (χ4v) is 1.29. The van der Waals surface area contributed by atoms with Crippen LogP contribution in [0.3, 0.4) is 0 Å². The third kappa shape index (κ3) is 1.19. The molecule has 0 radical (unpaired) electrons. The minimum atomic E-state index is 0.458. The first kappa shape index (κ1) is 7.66. The van der Waals surface area contributed by atoms with E-state index in [2.05, 4.69) is 20.5 Å². The molecule has 2 aromatic rings. The second kappa shape index (κ2) is 2.63. The van der Waals surface area contributed by atoms with Crippen LogP contribution in [0.2, 0.25) is 0 Å². The Labute approximate surface area is 79.9 Å². The fourth-order valence-electron chi connectivity index (χ4n) is 1.29. The number of rotatable bonds is 2. The van der Waals surface area contributed by atoms with E-state index in [0.717, 1.165) is 5.82 Å². The number of aryl methyl sites for hydroxylation is 1. The maximum atomic E-state index is 5.09. The van der Waals surface area contributed by atoms with Crippen LogP contribution in [0.15, 0.2) is 10.7 Å². The third-order valence-electron chi connectivity index (χ3n) is 2.21. The lowest BCUT2D eigenvalue weighted by Gasteiger charge is -1.81. The summed E-state index contributed by atoms with van der Waals surface area (Å²) in [6.45, 7) is 0. The van der Waals surface area contributed by atoms with Gasteiger partial charge in [-0.3, -0.25) is 4.68 Å². The summed E-state index contributed by atoms with van der Waals surface area (Å²) in [6.07, 6.45) is 4.09. The molecule has 0 N–H and O–H groups in total. The summed E-state index contributed by atoms with van der Waals surface area (Å²) >= 11 is 0. The van der Waals surface area contributed by atoms with E-state index in [1.807, 2.05) is 0 Å². The quantitative estimate of drug-likeness (QED) is 0.700. The Balaban J connectivity index is 1.95. The van der Waals surface area contributed by atoms with Crippen molar-refractivity contribution in [3.05, 3.63) is 12.0 Å². The summed E-state index contributed by atoms with van der Waals surface area (Å²) in [5, 5.41) is 11.6. The predicted molar refractivity (Wildman–Crippen MR) is 46.3 cm³/mol. The zero-order chi connectivity index (χ0) is 9.54. The molecule has 6 heteroatoms. The highest BCUT2D eigenvalue weighted by Crippen LogP contribution is 2.38. The Morgan fingerprint density at radius 1 is 1.50 bits per heavy atom. The standard InChI is InChI=1S/C8H9N5O/c1-13-4-6(10-12-13)8-9-7(11-14-8)5-2-3-5/h4-5H,2-3H2,1H3. The maximum absolute atomic E-state index is 5.09. The third-order valence-corrected chi connectivity index (χ3v) is 2.21. The molecule has 0 amide bonds. The maximum Gasteiger partial charge on any atom is 0.280 e. The van der Waals surface area contributed by atoms with Gasteiger partial charge < -0.3 is 4.52 Å². The zero-order valence-corrected chi connectivity index (χ0v) is 7.71. The van der Waals surface area contributed by atoms with E-state index in [4.69, 9.17) is 4.52 Å². The zero-order valence-electron chi connectivity index (χ0n) is 7.71. The van der Waals surface area contributed by atoms with Gasteiger partial charge in [0.05, 0.1) is 6.20 Å². The SMILES string of the molecule is Cn1cc(-c2nc(C3CC3)no2)nn1. The molecule has 2 heterocycles. The molecule has 1 aliphatic rings. The molecule has 2 aromatic heterocycles. The Hall–Kier alpha value is -1.72. The van der Waals surface area contributed by atoms with Gasteiger partial charge in [-0.2, -0.15) is 4.98 Å². The van der Waals surface area contributed by atoms with E-state index in [-0.39, 0.29) is 0 Å². The van der Waals surface area contributed by atoms with Crippen LogP contribution in [-0.4, -0.2) is 25.1 Å². The highest BCUT2D eigenvalue weighted by Gasteiger charge is 2.29. The molecular formula is C8H9N5O. The molecule has 1 saturated carbocycles. The molecule has 0 spiro atoms. The lowest BCUT2D eigenvalue weighted by atomic mass is 10.4. The summed E-state index contributed by atoms with van der Waals surface area (Å²) in [7, 11) is 1.80. The van der Waals surface area contributed by atoms with E-state index in [1.54, 1.807) is 17.9 Å². The van der Waals surface area contributed by atoms with E-state index < -0.39 is 0 Å². The summed E-state index contributed by atoms with van der Waals surface area (Å²) in [5.41, 5.74) is 0.631.